The summed E-state index contributed by atoms with van der Waals surface area (Å²) in [6, 6.07) is 0. The van der Waals surface area contributed by atoms with Crippen LogP contribution in [0.3, 0.4) is 0 Å². The van der Waals surface area contributed by atoms with E-state index in [0.29, 0.717) is 12.2 Å². The highest BCUT2D eigenvalue weighted by Gasteiger charge is 2.50. The van der Waals surface area contributed by atoms with Crippen LogP contribution < -0.4 is 0 Å². The number of carbonyl (C=O) groups is 1. The van der Waals surface area contributed by atoms with Gasteiger partial charge in [0, 0.05) is 5.57 Å². The van der Waals surface area contributed by atoms with Gasteiger partial charge in [-0.15, -0.1) is 0 Å². The van der Waals surface area contributed by atoms with Gasteiger partial charge >= 0.3 is 13.1 Å². The highest BCUT2D eigenvalue weighted by molar-refractivity contribution is 6.52. The maximum absolute atomic E-state index is 11.5. The number of hydrogen-bond acceptors (Lipinski definition) is 4. The lowest BCUT2D eigenvalue weighted by molar-refractivity contribution is -0.138. The van der Waals surface area contributed by atoms with Crippen molar-refractivity contribution in [3.8, 4) is 0 Å². The Bertz CT molecular complexity index is 317. The Balaban J connectivity index is 2.73. The molecule has 1 heterocycles. The van der Waals surface area contributed by atoms with E-state index in [1.54, 1.807) is 19.8 Å². The van der Waals surface area contributed by atoms with Gasteiger partial charge in [-0.2, -0.15) is 0 Å². The van der Waals surface area contributed by atoms with Crippen LogP contribution in [-0.2, 0) is 18.8 Å². The first-order chi connectivity index (χ1) is 7.69. The summed E-state index contributed by atoms with van der Waals surface area (Å²) >= 11 is 0. The van der Waals surface area contributed by atoms with Crippen LogP contribution in [0.5, 0.6) is 0 Å². The molecule has 0 amide bonds. The molecule has 1 rings (SSSR count). The SMILES string of the molecule is CCOC(=O)/C(C)=C/B1OC(C)(C)C(C)(C)O1. The Labute approximate surface area is 103 Å². The molecule has 17 heavy (non-hydrogen) atoms. The lowest BCUT2D eigenvalue weighted by Gasteiger charge is -2.32. The van der Waals surface area contributed by atoms with Crippen molar-refractivity contribution in [2.75, 3.05) is 6.61 Å². The van der Waals surface area contributed by atoms with Crippen molar-refractivity contribution in [2.24, 2.45) is 0 Å². The molecule has 4 nitrogen and oxygen atoms in total. The predicted molar refractivity (Wildman–Crippen MR) is 66.5 cm³/mol. The van der Waals surface area contributed by atoms with E-state index in [4.69, 9.17) is 14.0 Å². The summed E-state index contributed by atoms with van der Waals surface area (Å²) in [6.07, 6.45) is 0. The first-order valence-corrected chi connectivity index (χ1v) is 5.91. The van der Waals surface area contributed by atoms with Gasteiger partial charge in [-0.05, 0) is 47.5 Å². The third-order valence-electron chi connectivity index (χ3n) is 3.25. The Kier molecular flexibility index (Phi) is 4.04. The lowest BCUT2D eigenvalue weighted by atomic mass is 9.87. The number of ether oxygens (including phenoxy) is 1. The smallest absolute Gasteiger partial charge is 0.463 e. The van der Waals surface area contributed by atoms with Crippen LogP contribution in [0.15, 0.2) is 11.5 Å². The van der Waals surface area contributed by atoms with Crippen molar-refractivity contribution in [3.05, 3.63) is 11.5 Å². The molecule has 0 aromatic rings. The first-order valence-electron chi connectivity index (χ1n) is 5.91. The van der Waals surface area contributed by atoms with Crippen molar-refractivity contribution in [1.82, 2.24) is 0 Å². The predicted octanol–water partition coefficient (Wildman–Crippen LogP) is 2.13. The lowest BCUT2D eigenvalue weighted by Crippen LogP contribution is -2.41. The highest BCUT2D eigenvalue weighted by Crippen LogP contribution is 2.37. The van der Waals surface area contributed by atoms with Crippen LogP contribution in [0, 0.1) is 0 Å². The number of esters is 1. The summed E-state index contributed by atoms with van der Waals surface area (Å²) < 4.78 is 16.4. The van der Waals surface area contributed by atoms with Crippen LogP contribution in [0.2, 0.25) is 0 Å². The molecule has 96 valence electrons. The van der Waals surface area contributed by atoms with Gasteiger partial charge in [0.05, 0.1) is 17.8 Å². The number of carbonyl (C=O) groups excluding carboxylic acids is 1. The average molecular weight is 240 g/mol. The van der Waals surface area contributed by atoms with Gasteiger partial charge < -0.3 is 14.0 Å². The first kappa shape index (κ1) is 14.3. The van der Waals surface area contributed by atoms with E-state index in [-0.39, 0.29) is 17.2 Å². The molecule has 0 atom stereocenters. The summed E-state index contributed by atoms with van der Waals surface area (Å²) in [7, 11) is -0.496. The van der Waals surface area contributed by atoms with E-state index in [2.05, 4.69) is 0 Å². The van der Waals surface area contributed by atoms with Crippen LogP contribution >= 0.6 is 0 Å². The van der Waals surface area contributed by atoms with Gasteiger partial charge in [-0.25, -0.2) is 4.79 Å². The normalized spacial score (nSPS) is 22.7. The highest BCUT2D eigenvalue weighted by atomic mass is 16.7. The minimum absolute atomic E-state index is 0.331. The van der Waals surface area contributed by atoms with Crippen LogP contribution in [0.25, 0.3) is 0 Å². The fraction of sp³-hybridized carbons (Fsp3) is 0.750. The maximum Gasteiger partial charge on any atom is 0.487 e. The largest absolute Gasteiger partial charge is 0.487 e. The quantitative estimate of drug-likeness (QED) is 0.430. The second-order valence-corrected chi connectivity index (χ2v) is 5.19. The van der Waals surface area contributed by atoms with E-state index in [1.807, 2.05) is 27.7 Å². The van der Waals surface area contributed by atoms with Crippen LogP contribution in [0.4, 0.5) is 0 Å². The maximum atomic E-state index is 11.5. The molecule has 0 aromatic carbocycles. The second kappa shape index (κ2) is 4.82. The standard InChI is InChI=1S/C12H21BO4/c1-7-15-10(14)9(2)8-13-16-11(3,4)12(5,6)17-13/h8H,7H2,1-6H3/b9-8+. The molecule has 0 radical (unpaired) electrons. The second-order valence-electron chi connectivity index (χ2n) is 5.19. The van der Waals surface area contributed by atoms with E-state index < -0.39 is 7.12 Å². The van der Waals surface area contributed by atoms with Crippen molar-refractivity contribution in [1.29, 1.82) is 0 Å². The molecule has 1 fully saturated rings. The Morgan fingerprint density at radius 3 is 2.12 bits per heavy atom. The fourth-order valence-corrected chi connectivity index (χ4v) is 1.47. The Morgan fingerprint density at radius 2 is 1.71 bits per heavy atom. The summed E-state index contributed by atoms with van der Waals surface area (Å²) in [4.78, 5) is 11.5. The summed E-state index contributed by atoms with van der Waals surface area (Å²) in [6.45, 7) is 11.7. The molecule has 0 unspecified atom stereocenters. The van der Waals surface area contributed by atoms with Crippen molar-refractivity contribution in [2.45, 2.75) is 52.7 Å². The number of hydrogen-bond donors (Lipinski definition) is 0. The van der Waals surface area contributed by atoms with Crippen molar-refractivity contribution in [3.63, 3.8) is 0 Å². The van der Waals surface area contributed by atoms with E-state index in [1.165, 1.54) is 0 Å². The minimum atomic E-state index is -0.496. The molecule has 1 aliphatic heterocycles. The topological polar surface area (TPSA) is 44.8 Å². The zero-order valence-corrected chi connectivity index (χ0v) is 11.5. The molecule has 0 aromatic heterocycles. The third-order valence-corrected chi connectivity index (χ3v) is 3.25. The van der Waals surface area contributed by atoms with Crippen LogP contribution in [-0.4, -0.2) is 30.9 Å². The summed E-state index contributed by atoms with van der Waals surface area (Å²) in [5.74, 6) is 1.33. The number of rotatable bonds is 3. The summed E-state index contributed by atoms with van der Waals surface area (Å²) in [5.41, 5.74) is -0.267. The van der Waals surface area contributed by atoms with Crippen molar-refractivity contribution < 1.29 is 18.8 Å². The molecule has 0 aliphatic carbocycles. The van der Waals surface area contributed by atoms with E-state index in [9.17, 15) is 4.79 Å². The molecule has 0 spiro atoms. The molecule has 1 saturated heterocycles. The van der Waals surface area contributed by atoms with E-state index >= 15 is 0 Å². The monoisotopic (exact) mass is 240 g/mol. The average Bonchev–Trinajstić information content (AvgIpc) is 2.35. The molecular weight excluding hydrogens is 219 g/mol. The molecule has 1 aliphatic rings. The Morgan fingerprint density at radius 1 is 1.24 bits per heavy atom. The molecular formula is C12H21BO4. The molecule has 0 bridgehead atoms. The van der Waals surface area contributed by atoms with Gasteiger partial charge in [0.1, 0.15) is 0 Å². The Hall–Kier alpha value is -0.805. The molecule has 0 saturated carbocycles. The fourth-order valence-electron chi connectivity index (χ4n) is 1.47. The van der Waals surface area contributed by atoms with Crippen molar-refractivity contribution >= 4 is 13.1 Å². The van der Waals surface area contributed by atoms with Crippen LogP contribution in [0.1, 0.15) is 41.5 Å². The molecule has 5 heteroatoms. The summed E-state index contributed by atoms with van der Waals surface area (Å²) in [5, 5.41) is 0. The van der Waals surface area contributed by atoms with Gasteiger partial charge in [-0.1, -0.05) is 0 Å². The van der Waals surface area contributed by atoms with Gasteiger partial charge in [0.25, 0.3) is 0 Å². The van der Waals surface area contributed by atoms with Gasteiger partial charge in [0.15, 0.2) is 0 Å². The van der Waals surface area contributed by atoms with E-state index in [0.717, 1.165) is 0 Å². The van der Waals surface area contributed by atoms with Gasteiger partial charge in [0.2, 0.25) is 0 Å². The van der Waals surface area contributed by atoms with Gasteiger partial charge in [-0.3, -0.25) is 0 Å². The minimum Gasteiger partial charge on any atom is -0.463 e. The third kappa shape index (κ3) is 3.10. The zero-order chi connectivity index (χ0) is 13.3. The molecule has 0 N–H and O–H groups in total. The zero-order valence-electron chi connectivity index (χ0n) is 11.5.